The van der Waals surface area contributed by atoms with Gasteiger partial charge >= 0.3 is 5.97 Å². The number of hydrogen-bond acceptors (Lipinski definition) is 5. The van der Waals surface area contributed by atoms with Gasteiger partial charge < -0.3 is 19.5 Å². The van der Waals surface area contributed by atoms with Crippen LogP contribution in [-0.2, 0) is 17.6 Å². The lowest BCUT2D eigenvalue weighted by atomic mass is 9.95. The van der Waals surface area contributed by atoms with Gasteiger partial charge in [-0.2, -0.15) is 0 Å². The van der Waals surface area contributed by atoms with Crippen molar-refractivity contribution >= 4 is 28.6 Å². The first-order chi connectivity index (χ1) is 15.6. The van der Waals surface area contributed by atoms with E-state index in [-0.39, 0.29) is 11.9 Å². The second kappa shape index (κ2) is 8.65. The van der Waals surface area contributed by atoms with Crippen molar-refractivity contribution in [1.82, 2.24) is 14.9 Å². The van der Waals surface area contributed by atoms with Crippen LogP contribution in [0.2, 0.25) is 0 Å². The molecule has 2 aromatic heterocycles. The molecule has 5 rings (SSSR count). The number of hydrogen-bond donors (Lipinski definition) is 1. The van der Waals surface area contributed by atoms with Crippen LogP contribution in [0.1, 0.15) is 51.7 Å². The predicted molar refractivity (Wildman–Crippen MR) is 123 cm³/mol. The molecule has 0 bridgehead atoms. The SMILES string of the molecule is CCOC(=O)c1ccc(N2CCN(C(=O)c3ccc4[nH]c5c(c4c3)CCCC5)CC2)nc1. The highest BCUT2D eigenvalue weighted by molar-refractivity contribution is 5.99. The number of carbonyl (C=O) groups excluding carboxylic acids is 2. The summed E-state index contributed by atoms with van der Waals surface area (Å²) >= 11 is 0. The average Bonchev–Trinajstić information content (AvgIpc) is 3.22. The highest BCUT2D eigenvalue weighted by Crippen LogP contribution is 2.30. The number of benzene rings is 1. The topological polar surface area (TPSA) is 78.5 Å². The molecule has 7 nitrogen and oxygen atoms in total. The van der Waals surface area contributed by atoms with E-state index in [1.807, 2.05) is 23.1 Å². The first-order valence-corrected chi connectivity index (χ1v) is 11.4. The van der Waals surface area contributed by atoms with Crippen molar-refractivity contribution in [2.24, 2.45) is 0 Å². The molecule has 1 amide bonds. The third-order valence-electron chi connectivity index (χ3n) is 6.49. The molecular weight excluding hydrogens is 404 g/mol. The average molecular weight is 433 g/mol. The van der Waals surface area contributed by atoms with Crippen LogP contribution in [0.3, 0.4) is 0 Å². The Morgan fingerprint density at radius 3 is 2.56 bits per heavy atom. The number of nitrogens with zero attached hydrogens (tertiary/aromatic N) is 3. The molecule has 0 atom stereocenters. The van der Waals surface area contributed by atoms with Gasteiger partial charge in [-0.05, 0) is 68.5 Å². The third kappa shape index (κ3) is 3.83. The molecule has 1 aromatic carbocycles. The molecule has 32 heavy (non-hydrogen) atoms. The van der Waals surface area contributed by atoms with Crippen molar-refractivity contribution in [1.29, 1.82) is 0 Å². The van der Waals surface area contributed by atoms with Gasteiger partial charge in [-0.3, -0.25) is 4.79 Å². The second-order valence-corrected chi connectivity index (χ2v) is 8.45. The second-order valence-electron chi connectivity index (χ2n) is 8.45. The fourth-order valence-corrected chi connectivity index (χ4v) is 4.77. The Hall–Kier alpha value is -3.35. The van der Waals surface area contributed by atoms with Gasteiger partial charge in [0.05, 0.1) is 12.2 Å². The molecule has 1 saturated heterocycles. The van der Waals surface area contributed by atoms with Crippen molar-refractivity contribution in [2.75, 3.05) is 37.7 Å². The van der Waals surface area contributed by atoms with Gasteiger partial charge in [0.2, 0.25) is 0 Å². The summed E-state index contributed by atoms with van der Waals surface area (Å²) in [6, 6.07) is 9.64. The van der Waals surface area contributed by atoms with Gasteiger partial charge in [0.15, 0.2) is 0 Å². The number of H-pyrrole nitrogens is 1. The van der Waals surface area contributed by atoms with Crippen molar-refractivity contribution in [2.45, 2.75) is 32.6 Å². The molecule has 1 N–H and O–H groups in total. The summed E-state index contributed by atoms with van der Waals surface area (Å²) in [5.41, 5.74) is 5.08. The number of aryl methyl sites for hydroxylation is 2. The van der Waals surface area contributed by atoms with Crippen LogP contribution in [0.15, 0.2) is 36.5 Å². The number of anilines is 1. The maximum atomic E-state index is 13.2. The Balaban J connectivity index is 1.25. The van der Waals surface area contributed by atoms with E-state index in [1.165, 1.54) is 29.5 Å². The van der Waals surface area contributed by atoms with Crippen LogP contribution in [0.25, 0.3) is 10.9 Å². The number of aromatic nitrogens is 2. The Morgan fingerprint density at radius 2 is 1.81 bits per heavy atom. The summed E-state index contributed by atoms with van der Waals surface area (Å²) in [6.07, 6.45) is 6.19. The number of aromatic amines is 1. The highest BCUT2D eigenvalue weighted by atomic mass is 16.5. The van der Waals surface area contributed by atoms with Gasteiger partial charge in [0.1, 0.15) is 5.82 Å². The van der Waals surface area contributed by atoms with E-state index in [2.05, 4.69) is 20.9 Å². The number of amides is 1. The Bertz CT molecular complexity index is 1140. The van der Waals surface area contributed by atoms with E-state index in [0.717, 1.165) is 29.7 Å². The Morgan fingerprint density at radius 1 is 1.03 bits per heavy atom. The van der Waals surface area contributed by atoms with Crippen molar-refractivity contribution in [3.8, 4) is 0 Å². The maximum absolute atomic E-state index is 13.2. The predicted octanol–water partition coefficient (Wildman–Crippen LogP) is 3.58. The first-order valence-electron chi connectivity index (χ1n) is 11.4. The lowest BCUT2D eigenvalue weighted by Crippen LogP contribution is -2.49. The van der Waals surface area contributed by atoms with Gasteiger partial charge in [-0.1, -0.05) is 0 Å². The zero-order chi connectivity index (χ0) is 22.1. The Labute approximate surface area is 187 Å². The zero-order valence-electron chi connectivity index (χ0n) is 18.4. The van der Waals surface area contributed by atoms with Crippen molar-refractivity contribution in [3.63, 3.8) is 0 Å². The molecule has 2 aliphatic rings. The van der Waals surface area contributed by atoms with Crippen molar-refractivity contribution < 1.29 is 14.3 Å². The fraction of sp³-hybridized carbons (Fsp3) is 0.400. The molecule has 1 fully saturated rings. The van der Waals surface area contributed by atoms with Crippen LogP contribution in [0.4, 0.5) is 5.82 Å². The van der Waals surface area contributed by atoms with Crippen molar-refractivity contribution in [3.05, 3.63) is 58.9 Å². The molecule has 1 aliphatic heterocycles. The molecule has 3 heterocycles. The lowest BCUT2D eigenvalue weighted by Gasteiger charge is -2.35. The van der Waals surface area contributed by atoms with E-state index in [1.54, 1.807) is 19.2 Å². The van der Waals surface area contributed by atoms with Gasteiger partial charge in [-0.25, -0.2) is 9.78 Å². The number of pyridine rings is 1. The first kappa shape index (κ1) is 20.5. The van der Waals surface area contributed by atoms with Crippen LogP contribution >= 0.6 is 0 Å². The third-order valence-corrected chi connectivity index (χ3v) is 6.49. The number of nitrogens with one attached hydrogen (secondary N) is 1. The number of rotatable bonds is 4. The summed E-state index contributed by atoms with van der Waals surface area (Å²) in [5.74, 6) is 0.538. The molecule has 1 aliphatic carbocycles. The Kier molecular flexibility index (Phi) is 5.55. The molecule has 0 saturated carbocycles. The standard InChI is InChI=1S/C25H28N4O3/c1-2-32-25(31)18-8-10-23(26-16-18)28-11-13-29(14-12-28)24(30)17-7-9-22-20(15-17)19-5-3-4-6-21(19)27-22/h7-10,15-16,27H,2-6,11-14H2,1H3. The van der Waals surface area contributed by atoms with Crippen LogP contribution in [-0.4, -0.2) is 59.5 Å². The van der Waals surface area contributed by atoms with Crippen LogP contribution in [0, 0.1) is 0 Å². The summed E-state index contributed by atoms with van der Waals surface area (Å²) in [7, 11) is 0. The highest BCUT2D eigenvalue weighted by Gasteiger charge is 2.24. The summed E-state index contributed by atoms with van der Waals surface area (Å²) < 4.78 is 5.01. The van der Waals surface area contributed by atoms with Gasteiger partial charge in [-0.15, -0.1) is 0 Å². The number of piperazine rings is 1. The largest absolute Gasteiger partial charge is 0.462 e. The summed E-state index contributed by atoms with van der Waals surface area (Å²) in [5, 5.41) is 1.20. The van der Waals surface area contributed by atoms with E-state index in [4.69, 9.17) is 4.74 Å². The van der Waals surface area contributed by atoms with E-state index < -0.39 is 0 Å². The number of fused-ring (bicyclic) bond motifs is 3. The summed E-state index contributed by atoms with van der Waals surface area (Å²) in [6.45, 7) is 4.83. The molecular formula is C25H28N4O3. The molecule has 0 radical (unpaired) electrons. The lowest BCUT2D eigenvalue weighted by molar-refractivity contribution is 0.0525. The minimum Gasteiger partial charge on any atom is -0.462 e. The monoisotopic (exact) mass is 432 g/mol. The van der Waals surface area contributed by atoms with Gasteiger partial charge in [0, 0.05) is 54.5 Å². The molecule has 3 aromatic rings. The van der Waals surface area contributed by atoms with Crippen LogP contribution in [0.5, 0.6) is 0 Å². The van der Waals surface area contributed by atoms with Gasteiger partial charge in [0.25, 0.3) is 5.91 Å². The smallest absolute Gasteiger partial charge is 0.339 e. The quantitative estimate of drug-likeness (QED) is 0.638. The molecule has 0 unspecified atom stereocenters. The van der Waals surface area contributed by atoms with E-state index in [0.29, 0.717) is 38.3 Å². The minimum absolute atomic E-state index is 0.0860. The fourth-order valence-electron chi connectivity index (χ4n) is 4.77. The molecule has 166 valence electrons. The normalized spacial score (nSPS) is 16.2. The number of esters is 1. The summed E-state index contributed by atoms with van der Waals surface area (Å²) in [4.78, 5) is 37.0. The molecule has 7 heteroatoms. The zero-order valence-corrected chi connectivity index (χ0v) is 18.4. The molecule has 0 spiro atoms. The van der Waals surface area contributed by atoms with E-state index in [9.17, 15) is 9.59 Å². The maximum Gasteiger partial charge on any atom is 0.339 e. The number of carbonyl (C=O) groups is 2. The minimum atomic E-state index is -0.359. The number of ether oxygens (including phenoxy) is 1. The van der Waals surface area contributed by atoms with Crippen LogP contribution < -0.4 is 4.90 Å². The van der Waals surface area contributed by atoms with E-state index >= 15 is 0 Å².